The third-order valence-electron chi connectivity index (χ3n) is 2.94. The molecule has 2 rings (SSSR count). The Balaban J connectivity index is 2.56. The molecule has 4 nitrogen and oxygen atoms in total. The molecule has 0 amide bonds. The van der Waals surface area contributed by atoms with Crippen LogP contribution in [-0.2, 0) is 9.84 Å². The molecule has 0 spiro atoms. The number of sulfone groups is 1. The second-order valence-electron chi connectivity index (χ2n) is 4.32. The lowest BCUT2D eigenvalue weighted by Crippen LogP contribution is -2.03. The highest BCUT2D eigenvalue weighted by atomic mass is 79.9. The molecule has 0 radical (unpaired) electrons. The van der Waals surface area contributed by atoms with Gasteiger partial charge in [-0.25, -0.2) is 8.42 Å². The number of halogens is 1. The third kappa shape index (κ3) is 3.38. The highest BCUT2D eigenvalue weighted by Gasteiger charge is 2.20. The van der Waals surface area contributed by atoms with E-state index in [1.807, 2.05) is 0 Å². The monoisotopic (exact) mass is 377 g/mol. The summed E-state index contributed by atoms with van der Waals surface area (Å²) >= 11 is 3.34. The number of rotatable bonds is 4. The lowest BCUT2D eigenvalue weighted by molar-refractivity contribution is 0.414. The van der Waals surface area contributed by atoms with Gasteiger partial charge in [-0.15, -0.1) is 0 Å². The molecule has 0 N–H and O–H groups in total. The van der Waals surface area contributed by atoms with Crippen molar-refractivity contribution >= 4 is 31.8 Å². The molecule has 0 unspecified atom stereocenters. The minimum Gasteiger partial charge on any atom is -0.497 e. The average molecular weight is 378 g/mol. The van der Waals surface area contributed by atoms with Gasteiger partial charge in [-0.3, -0.25) is 0 Å². The van der Waals surface area contributed by atoms with E-state index in [0.29, 0.717) is 15.8 Å². The fourth-order valence-electron chi connectivity index (χ4n) is 1.80. The van der Waals surface area contributed by atoms with Crippen LogP contribution in [0.15, 0.2) is 62.8 Å². The SMILES string of the molecule is COc1ccc(Br)c(/C=C(/C#N)S(=O)(=O)c2ccccc2)c1. The summed E-state index contributed by atoms with van der Waals surface area (Å²) in [7, 11) is -2.33. The first kappa shape index (κ1) is 16.3. The van der Waals surface area contributed by atoms with Crippen molar-refractivity contribution in [2.45, 2.75) is 4.90 Å². The molecule has 0 atom stereocenters. The van der Waals surface area contributed by atoms with Crippen molar-refractivity contribution in [2.75, 3.05) is 7.11 Å². The van der Waals surface area contributed by atoms with Crippen LogP contribution < -0.4 is 4.74 Å². The molecule has 22 heavy (non-hydrogen) atoms. The molecule has 112 valence electrons. The molecule has 0 aliphatic heterocycles. The number of nitriles is 1. The second kappa shape index (κ2) is 6.77. The number of hydrogen-bond donors (Lipinski definition) is 0. The highest BCUT2D eigenvalue weighted by molar-refractivity contribution is 9.10. The zero-order chi connectivity index (χ0) is 16.2. The number of hydrogen-bond acceptors (Lipinski definition) is 4. The Morgan fingerprint density at radius 3 is 2.50 bits per heavy atom. The smallest absolute Gasteiger partial charge is 0.216 e. The van der Waals surface area contributed by atoms with Crippen molar-refractivity contribution in [3.8, 4) is 11.8 Å². The van der Waals surface area contributed by atoms with E-state index < -0.39 is 9.84 Å². The topological polar surface area (TPSA) is 67.2 Å². The van der Waals surface area contributed by atoms with E-state index in [-0.39, 0.29) is 9.80 Å². The summed E-state index contributed by atoms with van der Waals surface area (Å²) in [4.78, 5) is -0.241. The molecule has 0 fully saturated rings. The number of benzene rings is 2. The van der Waals surface area contributed by atoms with Crippen LogP contribution in [0, 0.1) is 11.3 Å². The van der Waals surface area contributed by atoms with Gasteiger partial charge in [0, 0.05) is 4.47 Å². The summed E-state index contributed by atoms with van der Waals surface area (Å²) < 4.78 is 30.8. The molecule has 0 heterocycles. The van der Waals surface area contributed by atoms with Crippen molar-refractivity contribution in [1.29, 1.82) is 5.26 Å². The van der Waals surface area contributed by atoms with Gasteiger partial charge in [0.15, 0.2) is 0 Å². The zero-order valence-electron chi connectivity index (χ0n) is 11.7. The minimum atomic E-state index is -3.85. The van der Waals surface area contributed by atoms with Gasteiger partial charge in [-0.05, 0) is 42.0 Å². The number of nitrogens with zero attached hydrogens (tertiary/aromatic N) is 1. The standard InChI is InChI=1S/C16H12BrNO3S/c1-21-13-7-8-16(17)12(9-13)10-15(11-18)22(19,20)14-5-3-2-4-6-14/h2-10H,1H3/b15-10-. The van der Waals surface area contributed by atoms with Gasteiger partial charge in [-0.1, -0.05) is 34.1 Å². The summed E-state index contributed by atoms with van der Waals surface area (Å²) in [6.07, 6.45) is 1.33. The van der Waals surface area contributed by atoms with E-state index in [0.717, 1.165) is 0 Å². The predicted molar refractivity (Wildman–Crippen MR) is 87.9 cm³/mol. The van der Waals surface area contributed by atoms with Gasteiger partial charge in [0.2, 0.25) is 9.84 Å². The van der Waals surface area contributed by atoms with Crippen molar-refractivity contribution in [2.24, 2.45) is 0 Å². The Hall–Kier alpha value is -2.10. The number of ether oxygens (including phenoxy) is 1. The Bertz CT molecular complexity index is 853. The molecule has 0 aromatic heterocycles. The van der Waals surface area contributed by atoms with Gasteiger partial charge in [0.05, 0.1) is 12.0 Å². The van der Waals surface area contributed by atoms with Crippen LogP contribution in [0.3, 0.4) is 0 Å². The van der Waals surface area contributed by atoms with E-state index in [2.05, 4.69) is 15.9 Å². The lowest BCUT2D eigenvalue weighted by Gasteiger charge is -2.06. The minimum absolute atomic E-state index is 0.0850. The molecule has 0 saturated heterocycles. The van der Waals surface area contributed by atoms with Crippen molar-refractivity contribution < 1.29 is 13.2 Å². The molecule has 0 saturated carbocycles. The van der Waals surface area contributed by atoms with Crippen LogP contribution >= 0.6 is 15.9 Å². The summed E-state index contributed by atoms with van der Waals surface area (Å²) in [5, 5.41) is 9.26. The van der Waals surface area contributed by atoms with Crippen LogP contribution in [-0.4, -0.2) is 15.5 Å². The summed E-state index contributed by atoms with van der Waals surface area (Å²) in [6.45, 7) is 0. The van der Waals surface area contributed by atoms with Crippen molar-refractivity contribution in [1.82, 2.24) is 0 Å². The number of allylic oxidation sites excluding steroid dienone is 1. The molecule has 6 heteroatoms. The molecule has 2 aromatic rings. The predicted octanol–water partition coefficient (Wildman–Crippen LogP) is 3.80. The van der Waals surface area contributed by atoms with Gasteiger partial charge < -0.3 is 4.74 Å². The molecule has 0 bridgehead atoms. The van der Waals surface area contributed by atoms with Crippen LogP contribution in [0.25, 0.3) is 6.08 Å². The fraction of sp³-hybridized carbons (Fsp3) is 0.0625. The zero-order valence-corrected chi connectivity index (χ0v) is 14.1. The summed E-state index contributed by atoms with van der Waals surface area (Å²) in [5.74, 6) is 0.573. The first-order valence-corrected chi connectivity index (χ1v) is 8.52. The molecule has 0 aliphatic carbocycles. The quantitative estimate of drug-likeness (QED) is 0.759. The number of methoxy groups -OCH3 is 1. The van der Waals surface area contributed by atoms with E-state index >= 15 is 0 Å². The van der Waals surface area contributed by atoms with E-state index in [1.54, 1.807) is 42.5 Å². The Kier molecular flexibility index (Phi) is 5.01. The molecule has 2 aromatic carbocycles. The lowest BCUT2D eigenvalue weighted by atomic mass is 10.2. The van der Waals surface area contributed by atoms with Crippen LogP contribution in [0.4, 0.5) is 0 Å². The molecule has 0 aliphatic rings. The van der Waals surface area contributed by atoms with Crippen molar-refractivity contribution in [3.05, 3.63) is 63.5 Å². The van der Waals surface area contributed by atoms with E-state index in [1.165, 1.54) is 25.3 Å². The highest BCUT2D eigenvalue weighted by Crippen LogP contribution is 2.27. The van der Waals surface area contributed by atoms with E-state index in [9.17, 15) is 13.7 Å². The van der Waals surface area contributed by atoms with Gasteiger partial charge in [0.1, 0.15) is 16.7 Å². The maximum absolute atomic E-state index is 12.5. The Labute approximate surface area is 137 Å². The van der Waals surface area contributed by atoms with Crippen molar-refractivity contribution in [3.63, 3.8) is 0 Å². The second-order valence-corrected chi connectivity index (χ2v) is 7.10. The van der Waals surface area contributed by atoms with Gasteiger partial charge in [0.25, 0.3) is 0 Å². The van der Waals surface area contributed by atoms with Crippen LogP contribution in [0.2, 0.25) is 0 Å². The van der Waals surface area contributed by atoms with Gasteiger partial charge >= 0.3 is 0 Å². The van der Waals surface area contributed by atoms with E-state index in [4.69, 9.17) is 4.74 Å². The maximum Gasteiger partial charge on any atom is 0.216 e. The summed E-state index contributed by atoms with van der Waals surface area (Å²) in [6, 6.07) is 14.7. The first-order valence-electron chi connectivity index (χ1n) is 6.24. The molecular weight excluding hydrogens is 366 g/mol. The average Bonchev–Trinajstić information content (AvgIpc) is 2.54. The van der Waals surface area contributed by atoms with Crippen LogP contribution in [0.5, 0.6) is 5.75 Å². The largest absolute Gasteiger partial charge is 0.497 e. The Morgan fingerprint density at radius 2 is 1.91 bits per heavy atom. The van der Waals surface area contributed by atoms with Gasteiger partial charge in [-0.2, -0.15) is 5.26 Å². The molecular formula is C16H12BrNO3S. The van der Waals surface area contributed by atoms with Crippen LogP contribution in [0.1, 0.15) is 5.56 Å². The normalized spacial score (nSPS) is 11.8. The Morgan fingerprint density at radius 1 is 1.23 bits per heavy atom. The first-order chi connectivity index (χ1) is 10.5. The maximum atomic E-state index is 12.5. The summed E-state index contributed by atoms with van der Waals surface area (Å²) in [5.41, 5.74) is 0.551. The fourth-order valence-corrected chi connectivity index (χ4v) is 3.33. The third-order valence-corrected chi connectivity index (χ3v) is 5.35.